The summed E-state index contributed by atoms with van der Waals surface area (Å²) < 4.78 is 2.27. The van der Waals surface area contributed by atoms with Crippen LogP contribution in [0.25, 0.3) is 0 Å². The van der Waals surface area contributed by atoms with E-state index in [2.05, 4.69) is 34.7 Å². The Hall–Kier alpha value is -1.66. The lowest BCUT2D eigenvalue weighted by molar-refractivity contribution is 0.0710. The van der Waals surface area contributed by atoms with Crippen molar-refractivity contribution in [2.45, 2.75) is 32.2 Å². The smallest absolute Gasteiger partial charge is 0.254 e. The molecule has 0 radical (unpaired) electrons. The maximum absolute atomic E-state index is 12.6. The molecule has 2 aromatic rings. The molecule has 1 aliphatic rings. The third-order valence-electron chi connectivity index (χ3n) is 4.66. The van der Waals surface area contributed by atoms with Gasteiger partial charge >= 0.3 is 0 Å². The molecule has 0 saturated carbocycles. The summed E-state index contributed by atoms with van der Waals surface area (Å²) in [7, 11) is 4.18. The van der Waals surface area contributed by atoms with Crippen LogP contribution in [0.2, 0.25) is 0 Å². The minimum atomic E-state index is 0.175. The molecule has 1 saturated heterocycles. The van der Waals surface area contributed by atoms with Crippen molar-refractivity contribution in [2.24, 2.45) is 0 Å². The van der Waals surface area contributed by atoms with Crippen molar-refractivity contribution in [1.29, 1.82) is 0 Å². The predicted octanol–water partition coefficient (Wildman–Crippen LogP) is 2.83. The molecule has 0 aromatic carbocycles. The molecule has 1 aliphatic heterocycles. The molecule has 0 atom stereocenters. The monoisotopic (exact) mass is 346 g/mol. The number of carbonyl (C=O) groups is 1. The van der Waals surface area contributed by atoms with Gasteiger partial charge in [-0.1, -0.05) is 0 Å². The minimum absolute atomic E-state index is 0.175. The molecule has 3 rings (SSSR count). The molecule has 0 spiro atoms. The van der Waals surface area contributed by atoms with Gasteiger partial charge in [-0.25, -0.2) is 4.98 Å². The van der Waals surface area contributed by atoms with Gasteiger partial charge in [-0.3, -0.25) is 4.79 Å². The van der Waals surface area contributed by atoms with E-state index in [1.807, 2.05) is 29.5 Å². The number of aromatic nitrogens is 2. The highest BCUT2D eigenvalue weighted by molar-refractivity contribution is 7.10. The van der Waals surface area contributed by atoms with Crippen molar-refractivity contribution < 1.29 is 4.79 Å². The van der Waals surface area contributed by atoms with Crippen LogP contribution >= 0.6 is 11.3 Å². The quantitative estimate of drug-likeness (QED) is 0.836. The summed E-state index contributed by atoms with van der Waals surface area (Å²) in [5, 5.41) is 1.97. The van der Waals surface area contributed by atoms with Crippen molar-refractivity contribution in [3.63, 3.8) is 0 Å². The summed E-state index contributed by atoms with van der Waals surface area (Å²) in [4.78, 5) is 22.5. The lowest BCUT2D eigenvalue weighted by Crippen LogP contribution is -2.38. The van der Waals surface area contributed by atoms with Gasteiger partial charge in [0.1, 0.15) is 5.82 Å². The topological polar surface area (TPSA) is 41.4 Å². The molecule has 130 valence electrons. The summed E-state index contributed by atoms with van der Waals surface area (Å²) in [6.45, 7) is 5.66. The Morgan fingerprint density at radius 3 is 2.75 bits per heavy atom. The molecule has 6 heteroatoms. The van der Waals surface area contributed by atoms with Crippen LogP contribution in [-0.4, -0.2) is 59.0 Å². The number of carbonyl (C=O) groups excluding carboxylic acids is 1. The normalized spacial score (nSPS) is 16.1. The fraction of sp³-hybridized carbons (Fsp3) is 0.556. The average molecular weight is 347 g/mol. The second-order valence-electron chi connectivity index (χ2n) is 6.79. The summed E-state index contributed by atoms with van der Waals surface area (Å²) in [5.41, 5.74) is 0.837. The van der Waals surface area contributed by atoms with Gasteiger partial charge in [-0.2, -0.15) is 0 Å². The summed E-state index contributed by atoms with van der Waals surface area (Å²) in [6, 6.07) is 1.99. The molecule has 0 unspecified atom stereocenters. The second kappa shape index (κ2) is 7.49. The van der Waals surface area contributed by atoms with E-state index in [9.17, 15) is 4.79 Å². The number of hydrogen-bond acceptors (Lipinski definition) is 4. The average Bonchev–Trinajstić information content (AvgIpc) is 3.21. The third kappa shape index (κ3) is 3.87. The summed E-state index contributed by atoms with van der Waals surface area (Å²) in [5.74, 6) is 1.81. The first-order valence-corrected chi connectivity index (χ1v) is 9.42. The van der Waals surface area contributed by atoms with Crippen molar-refractivity contribution >= 4 is 17.2 Å². The molecule has 0 bridgehead atoms. The van der Waals surface area contributed by atoms with Gasteiger partial charge in [-0.15, -0.1) is 11.3 Å². The number of likely N-dealkylation sites (N-methyl/N-ethyl adjacent to an activating group) is 1. The van der Waals surface area contributed by atoms with Crippen molar-refractivity contribution in [1.82, 2.24) is 19.4 Å². The van der Waals surface area contributed by atoms with Gasteiger partial charge in [0.05, 0.1) is 5.56 Å². The zero-order valence-electron chi connectivity index (χ0n) is 14.7. The van der Waals surface area contributed by atoms with E-state index >= 15 is 0 Å². The van der Waals surface area contributed by atoms with Crippen molar-refractivity contribution in [2.75, 3.05) is 33.7 Å². The molecule has 1 amide bonds. The van der Waals surface area contributed by atoms with Gasteiger partial charge in [0, 0.05) is 54.7 Å². The fourth-order valence-corrected chi connectivity index (χ4v) is 3.93. The highest BCUT2D eigenvalue weighted by Gasteiger charge is 2.27. The number of rotatable bonds is 5. The van der Waals surface area contributed by atoms with E-state index in [1.165, 1.54) is 10.7 Å². The SMILES string of the molecule is Cc1cc(C(=O)N2CCC(c3nccn3CCN(C)C)CC2)cs1. The Morgan fingerprint density at radius 2 is 2.12 bits per heavy atom. The van der Waals surface area contributed by atoms with Gasteiger partial charge in [0.15, 0.2) is 0 Å². The Labute approximate surface area is 147 Å². The van der Waals surface area contributed by atoms with Crippen LogP contribution in [0.3, 0.4) is 0 Å². The van der Waals surface area contributed by atoms with Crippen LogP contribution in [0.5, 0.6) is 0 Å². The van der Waals surface area contributed by atoms with Gasteiger partial charge < -0.3 is 14.4 Å². The summed E-state index contributed by atoms with van der Waals surface area (Å²) >= 11 is 1.64. The molecule has 0 N–H and O–H groups in total. The predicted molar refractivity (Wildman–Crippen MR) is 97.7 cm³/mol. The van der Waals surface area contributed by atoms with E-state index in [1.54, 1.807) is 11.3 Å². The first kappa shape index (κ1) is 17.2. The van der Waals surface area contributed by atoms with Gasteiger partial charge in [0.2, 0.25) is 0 Å². The van der Waals surface area contributed by atoms with E-state index < -0.39 is 0 Å². The van der Waals surface area contributed by atoms with Crippen LogP contribution in [0.1, 0.15) is 39.8 Å². The van der Waals surface area contributed by atoms with Crippen molar-refractivity contribution in [3.8, 4) is 0 Å². The molecule has 5 nitrogen and oxygen atoms in total. The van der Waals surface area contributed by atoms with Crippen LogP contribution in [-0.2, 0) is 6.54 Å². The van der Waals surface area contributed by atoms with Gasteiger partial charge in [0.25, 0.3) is 5.91 Å². The molecule has 3 heterocycles. The zero-order chi connectivity index (χ0) is 17.1. The maximum Gasteiger partial charge on any atom is 0.254 e. The van der Waals surface area contributed by atoms with Gasteiger partial charge in [-0.05, 0) is 39.9 Å². The molecule has 2 aromatic heterocycles. The Kier molecular flexibility index (Phi) is 5.36. The van der Waals surface area contributed by atoms with E-state index in [0.29, 0.717) is 5.92 Å². The van der Waals surface area contributed by atoms with Crippen molar-refractivity contribution in [3.05, 3.63) is 40.1 Å². The van der Waals surface area contributed by atoms with Crippen LogP contribution < -0.4 is 0 Å². The lowest BCUT2D eigenvalue weighted by atomic mass is 9.95. The number of likely N-dealkylation sites (tertiary alicyclic amines) is 1. The largest absolute Gasteiger partial charge is 0.339 e. The van der Waals surface area contributed by atoms with E-state index in [4.69, 9.17) is 0 Å². The van der Waals surface area contributed by atoms with E-state index in [0.717, 1.165) is 44.6 Å². The zero-order valence-corrected chi connectivity index (χ0v) is 15.6. The molecule has 24 heavy (non-hydrogen) atoms. The summed E-state index contributed by atoms with van der Waals surface area (Å²) in [6.07, 6.45) is 5.96. The number of thiophene rings is 1. The van der Waals surface area contributed by atoms with Crippen LogP contribution in [0, 0.1) is 6.92 Å². The number of aryl methyl sites for hydroxylation is 1. The molecule has 1 fully saturated rings. The van der Waals surface area contributed by atoms with E-state index in [-0.39, 0.29) is 5.91 Å². The number of nitrogens with zero attached hydrogens (tertiary/aromatic N) is 4. The number of hydrogen-bond donors (Lipinski definition) is 0. The number of imidazole rings is 1. The Bertz CT molecular complexity index is 683. The minimum Gasteiger partial charge on any atom is -0.339 e. The maximum atomic E-state index is 12.6. The fourth-order valence-electron chi connectivity index (χ4n) is 3.26. The number of piperidine rings is 1. The molecular weight excluding hydrogens is 320 g/mol. The Morgan fingerprint density at radius 1 is 1.38 bits per heavy atom. The highest BCUT2D eigenvalue weighted by atomic mass is 32.1. The second-order valence-corrected chi connectivity index (χ2v) is 7.91. The standard InChI is InChI=1S/C18H26N4OS/c1-14-12-16(13-24-14)18(23)22-7-4-15(5-8-22)17-19-6-9-21(17)11-10-20(2)3/h6,9,12-13,15H,4-5,7-8,10-11H2,1-3H3. The first-order chi connectivity index (χ1) is 11.5. The molecule has 0 aliphatic carbocycles. The lowest BCUT2D eigenvalue weighted by Gasteiger charge is -2.32. The highest BCUT2D eigenvalue weighted by Crippen LogP contribution is 2.28. The first-order valence-electron chi connectivity index (χ1n) is 8.55. The molecular formula is C18H26N4OS. The third-order valence-corrected chi connectivity index (χ3v) is 5.52. The number of amides is 1. The Balaban J connectivity index is 1.59. The van der Waals surface area contributed by atoms with Crippen LogP contribution in [0.15, 0.2) is 23.8 Å². The van der Waals surface area contributed by atoms with Crippen LogP contribution in [0.4, 0.5) is 0 Å².